The maximum Gasteiger partial charge on any atom is 0.254 e. The molecule has 0 saturated carbocycles. The van der Waals surface area contributed by atoms with Gasteiger partial charge >= 0.3 is 0 Å². The molecular weight excluding hydrogens is 252 g/mol. The Kier molecular flexibility index (Phi) is 4.26. The topological polar surface area (TPSA) is 58.1 Å². The molecule has 5 heteroatoms. The predicted molar refractivity (Wildman–Crippen MR) is 79.9 cm³/mol. The molecule has 0 spiro atoms. The van der Waals surface area contributed by atoms with Gasteiger partial charge in [-0.1, -0.05) is 6.92 Å². The van der Waals surface area contributed by atoms with Crippen LogP contribution in [0.2, 0.25) is 0 Å². The molecule has 20 heavy (non-hydrogen) atoms. The van der Waals surface area contributed by atoms with Gasteiger partial charge in [0.2, 0.25) is 5.95 Å². The van der Waals surface area contributed by atoms with Crippen molar-refractivity contribution in [2.45, 2.75) is 46.1 Å². The van der Waals surface area contributed by atoms with Crippen molar-refractivity contribution >= 4 is 11.9 Å². The lowest BCUT2D eigenvalue weighted by molar-refractivity contribution is 0.0919. The Labute approximate surface area is 120 Å². The summed E-state index contributed by atoms with van der Waals surface area (Å²) in [5, 5.41) is 2.91. The average molecular weight is 276 g/mol. The van der Waals surface area contributed by atoms with Crippen molar-refractivity contribution in [3.05, 3.63) is 18.0 Å². The van der Waals surface area contributed by atoms with Gasteiger partial charge in [-0.2, -0.15) is 0 Å². The number of nitrogens with one attached hydrogen (secondary N) is 1. The molecule has 1 N–H and O–H groups in total. The van der Waals surface area contributed by atoms with E-state index < -0.39 is 0 Å². The summed E-state index contributed by atoms with van der Waals surface area (Å²) in [6.45, 7) is 10.1. The lowest BCUT2D eigenvalue weighted by Gasteiger charge is -2.30. The van der Waals surface area contributed by atoms with Gasteiger partial charge in [0, 0.05) is 31.0 Å². The van der Waals surface area contributed by atoms with E-state index in [9.17, 15) is 4.79 Å². The summed E-state index contributed by atoms with van der Waals surface area (Å²) in [5.74, 6) is 1.38. The fraction of sp³-hybridized carbons (Fsp3) is 0.667. The molecule has 1 fully saturated rings. The van der Waals surface area contributed by atoms with Gasteiger partial charge in [0.05, 0.1) is 5.56 Å². The number of nitrogens with zero attached hydrogens (tertiary/aromatic N) is 3. The van der Waals surface area contributed by atoms with E-state index in [1.807, 2.05) is 20.8 Å². The van der Waals surface area contributed by atoms with Crippen molar-refractivity contribution in [1.29, 1.82) is 0 Å². The van der Waals surface area contributed by atoms with E-state index in [2.05, 4.69) is 27.1 Å². The van der Waals surface area contributed by atoms with E-state index in [1.165, 1.54) is 12.8 Å². The maximum atomic E-state index is 12.0. The highest BCUT2D eigenvalue weighted by atomic mass is 16.1. The number of rotatable bonds is 2. The Balaban J connectivity index is 2.01. The minimum absolute atomic E-state index is 0.128. The minimum atomic E-state index is -0.251. The summed E-state index contributed by atoms with van der Waals surface area (Å²) in [6.07, 6.45) is 5.58. The molecule has 0 unspecified atom stereocenters. The molecule has 110 valence electrons. The van der Waals surface area contributed by atoms with Gasteiger partial charge in [-0.15, -0.1) is 0 Å². The van der Waals surface area contributed by atoms with Crippen LogP contribution in [0.3, 0.4) is 0 Å². The Hall–Kier alpha value is -1.65. The number of anilines is 1. The van der Waals surface area contributed by atoms with Crippen LogP contribution < -0.4 is 10.2 Å². The fourth-order valence-corrected chi connectivity index (χ4v) is 2.22. The Morgan fingerprint density at radius 1 is 1.25 bits per heavy atom. The van der Waals surface area contributed by atoms with Crippen LogP contribution in [0.4, 0.5) is 5.95 Å². The zero-order valence-corrected chi connectivity index (χ0v) is 12.8. The zero-order valence-electron chi connectivity index (χ0n) is 12.8. The monoisotopic (exact) mass is 276 g/mol. The van der Waals surface area contributed by atoms with Gasteiger partial charge in [0.15, 0.2) is 0 Å². The second-order valence-electron chi connectivity index (χ2n) is 6.65. The highest BCUT2D eigenvalue weighted by Crippen LogP contribution is 2.19. The molecule has 5 nitrogen and oxygen atoms in total. The van der Waals surface area contributed by atoms with Crippen molar-refractivity contribution in [2.24, 2.45) is 5.92 Å². The van der Waals surface area contributed by atoms with E-state index >= 15 is 0 Å². The third-order valence-electron chi connectivity index (χ3n) is 3.46. The number of piperidine rings is 1. The summed E-state index contributed by atoms with van der Waals surface area (Å²) >= 11 is 0. The third-order valence-corrected chi connectivity index (χ3v) is 3.46. The summed E-state index contributed by atoms with van der Waals surface area (Å²) in [4.78, 5) is 22.8. The molecule has 0 aliphatic carbocycles. The van der Waals surface area contributed by atoms with Crippen LogP contribution in [-0.4, -0.2) is 34.5 Å². The Morgan fingerprint density at radius 2 is 1.80 bits per heavy atom. The molecule has 1 aromatic heterocycles. The fourth-order valence-electron chi connectivity index (χ4n) is 2.22. The van der Waals surface area contributed by atoms with Gasteiger partial charge in [-0.05, 0) is 39.5 Å². The maximum absolute atomic E-state index is 12.0. The first kappa shape index (κ1) is 14.8. The highest BCUT2D eigenvalue weighted by Gasteiger charge is 2.19. The summed E-state index contributed by atoms with van der Waals surface area (Å²) in [6, 6.07) is 0. The molecule has 0 aromatic carbocycles. The SMILES string of the molecule is CC1CCN(c2ncc(C(=O)NC(C)(C)C)cn2)CC1. The normalized spacial score (nSPS) is 17.1. The van der Waals surface area contributed by atoms with Crippen LogP contribution >= 0.6 is 0 Å². The molecule has 1 saturated heterocycles. The van der Waals surface area contributed by atoms with Crippen molar-refractivity contribution in [3.63, 3.8) is 0 Å². The number of carbonyl (C=O) groups excluding carboxylic acids is 1. The van der Waals surface area contributed by atoms with Crippen molar-refractivity contribution < 1.29 is 4.79 Å². The molecule has 1 amide bonds. The molecule has 0 radical (unpaired) electrons. The van der Waals surface area contributed by atoms with E-state index in [4.69, 9.17) is 0 Å². The van der Waals surface area contributed by atoms with Crippen molar-refractivity contribution in [2.75, 3.05) is 18.0 Å². The van der Waals surface area contributed by atoms with Crippen molar-refractivity contribution in [3.8, 4) is 0 Å². The lowest BCUT2D eigenvalue weighted by atomic mass is 10.00. The Morgan fingerprint density at radius 3 is 2.30 bits per heavy atom. The van der Waals surface area contributed by atoms with Gasteiger partial charge in [-0.3, -0.25) is 4.79 Å². The summed E-state index contributed by atoms with van der Waals surface area (Å²) < 4.78 is 0. The second-order valence-corrected chi connectivity index (χ2v) is 6.65. The number of hydrogen-bond acceptors (Lipinski definition) is 4. The smallest absolute Gasteiger partial charge is 0.254 e. The van der Waals surface area contributed by atoms with Crippen molar-refractivity contribution in [1.82, 2.24) is 15.3 Å². The molecule has 2 heterocycles. The molecule has 0 bridgehead atoms. The van der Waals surface area contributed by atoms with E-state index in [0.717, 1.165) is 25.0 Å². The summed E-state index contributed by atoms with van der Waals surface area (Å²) in [7, 11) is 0. The minimum Gasteiger partial charge on any atom is -0.347 e. The summed E-state index contributed by atoms with van der Waals surface area (Å²) in [5.41, 5.74) is 0.257. The van der Waals surface area contributed by atoms with Gasteiger partial charge in [-0.25, -0.2) is 9.97 Å². The quantitative estimate of drug-likeness (QED) is 0.900. The first-order valence-corrected chi connectivity index (χ1v) is 7.24. The number of aromatic nitrogens is 2. The number of amides is 1. The van der Waals surface area contributed by atoms with Gasteiger partial charge < -0.3 is 10.2 Å². The zero-order chi connectivity index (χ0) is 14.8. The van der Waals surface area contributed by atoms with Gasteiger partial charge in [0.25, 0.3) is 5.91 Å². The largest absolute Gasteiger partial charge is 0.347 e. The van der Waals surface area contributed by atoms with E-state index in [0.29, 0.717) is 5.56 Å². The first-order valence-electron chi connectivity index (χ1n) is 7.24. The van der Waals surface area contributed by atoms with E-state index in [1.54, 1.807) is 12.4 Å². The van der Waals surface area contributed by atoms with Crippen LogP contribution in [0, 0.1) is 5.92 Å². The molecule has 1 aliphatic heterocycles. The lowest BCUT2D eigenvalue weighted by Crippen LogP contribution is -2.40. The standard InChI is InChI=1S/C15H24N4O/c1-11-5-7-19(8-6-11)14-16-9-12(10-17-14)13(20)18-15(2,3)4/h9-11H,5-8H2,1-4H3,(H,18,20). The van der Waals surface area contributed by atoms with Gasteiger partial charge in [0.1, 0.15) is 0 Å². The molecule has 2 rings (SSSR count). The number of carbonyl (C=O) groups is 1. The van der Waals surface area contributed by atoms with Crippen LogP contribution in [0.1, 0.15) is 50.9 Å². The van der Waals surface area contributed by atoms with Crippen LogP contribution in [0.5, 0.6) is 0 Å². The van der Waals surface area contributed by atoms with E-state index in [-0.39, 0.29) is 11.4 Å². The van der Waals surface area contributed by atoms with Crippen LogP contribution in [0.25, 0.3) is 0 Å². The molecule has 1 aliphatic rings. The number of hydrogen-bond donors (Lipinski definition) is 1. The highest BCUT2D eigenvalue weighted by molar-refractivity contribution is 5.94. The van der Waals surface area contributed by atoms with Crippen LogP contribution in [0.15, 0.2) is 12.4 Å². The predicted octanol–water partition coefficient (Wildman–Crippen LogP) is 2.24. The Bertz CT molecular complexity index is 456. The molecule has 0 atom stereocenters. The third kappa shape index (κ3) is 3.92. The molecule has 1 aromatic rings. The second kappa shape index (κ2) is 5.77. The molecular formula is C15H24N4O. The average Bonchev–Trinajstić information content (AvgIpc) is 2.38. The first-order chi connectivity index (χ1) is 9.35. The van der Waals surface area contributed by atoms with Crippen LogP contribution in [-0.2, 0) is 0 Å².